The van der Waals surface area contributed by atoms with Crippen LogP contribution in [0.3, 0.4) is 0 Å². The molecule has 0 aromatic heterocycles. The van der Waals surface area contributed by atoms with E-state index >= 15 is 0 Å². The van der Waals surface area contributed by atoms with Crippen LogP contribution >= 0.6 is 0 Å². The summed E-state index contributed by atoms with van der Waals surface area (Å²) >= 11 is 0. The summed E-state index contributed by atoms with van der Waals surface area (Å²) in [5, 5.41) is 0. The van der Waals surface area contributed by atoms with E-state index in [4.69, 9.17) is 9.47 Å². The third-order valence-corrected chi connectivity index (χ3v) is 5.57. The van der Waals surface area contributed by atoms with E-state index in [2.05, 4.69) is 13.8 Å². The largest absolute Gasteiger partial charge is 0.466 e. The molecule has 0 aromatic carbocycles. The Bertz CT molecular complexity index is 394. The molecule has 4 heteroatoms. The van der Waals surface area contributed by atoms with Gasteiger partial charge in [-0.1, -0.05) is 97.3 Å². The molecule has 0 aliphatic rings. The third-order valence-electron chi connectivity index (χ3n) is 5.57. The van der Waals surface area contributed by atoms with E-state index in [0.29, 0.717) is 19.4 Å². The zero-order chi connectivity index (χ0) is 22.3. The maximum Gasteiger partial charge on any atom is 0.306 e. The standard InChI is InChI=1S/C26H50O4/c1-4-6-8-9-10-13-16-19-23-29-25(27)21-17-14-11-12-15-18-22-26(28)30-24(3)20-7-5-2/h24H,4-23H2,1-3H3. The van der Waals surface area contributed by atoms with Crippen LogP contribution in [0, 0.1) is 0 Å². The summed E-state index contributed by atoms with van der Waals surface area (Å²) in [6.07, 6.45) is 20.6. The molecule has 0 aromatic rings. The van der Waals surface area contributed by atoms with Gasteiger partial charge in [-0.15, -0.1) is 0 Å². The first-order valence-corrected chi connectivity index (χ1v) is 12.9. The van der Waals surface area contributed by atoms with Crippen molar-refractivity contribution in [3.8, 4) is 0 Å². The number of carbonyl (C=O) groups is 2. The van der Waals surface area contributed by atoms with Crippen LogP contribution in [0.25, 0.3) is 0 Å². The molecule has 0 amide bonds. The summed E-state index contributed by atoms with van der Waals surface area (Å²) in [5.41, 5.74) is 0. The van der Waals surface area contributed by atoms with E-state index in [1.807, 2.05) is 6.92 Å². The molecular weight excluding hydrogens is 376 g/mol. The van der Waals surface area contributed by atoms with Crippen LogP contribution in [0.15, 0.2) is 0 Å². The number of hydrogen-bond acceptors (Lipinski definition) is 4. The fraction of sp³-hybridized carbons (Fsp3) is 0.923. The summed E-state index contributed by atoms with van der Waals surface area (Å²) in [5.74, 6) is -0.101. The molecule has 1 atom stereocenters. The van der Waals surface area contributed by atoms with Crippen LogP contribution in [0.5, 0.6) is 0 Å². The van der Waals surface area contributed by atoms with Gasteiger partial charge in [0, 0.05) is 12.8 Å². The summed E-state index contributed by atoms with van der Waals surface area (Å²) in [6.45, 7) is 6.95. The summed E-state index contributed by atoms with van der Waals surface area (Å²) < 4.78 is 10.7. The van der Waals surface area contributed by atoms with Gasteiger partial charge in [0.15, 0.2) is 0 Å². The van der Waals surface area contributed by atoms with Crippen LogP contribution in [0.1, 0.15) is 143 Å². The van der Waals surface area contributed by atoms with Gasteiger partial charge in [0.1, 0.15) is 0 Å². The predicted octanol–water partition coefficient (Wildman–Crippen LogP) is 7.91. The minimum Gasteiger partial charge on any atom is -0.466 e. The predicted molar refractivity (Wildman–Crippen MR) is 126 cm³/mol. The Hall–Kier alpha value is -1.06. The second kappa shape index (κ2) is 22.6. The SMILES string of the molecule is CCCCCCCCCCOC(=O)CCCCCCCCC(=O)OC(C)CCCC. The second-order valence-electron chi connectivity index (χ2n) is 8.76. The zero-order valence-electron chi connectivity index (χ0n) is 20.4. The molecule has 178 valence electrons. The van der Waals surface area contributed by atoms with E-state index < -0.39 is 0 Å². The number of unbranched alkanes of at least 4 members (excludes halogenated alkanes) is 13. The minimum absolute atomic E-state index is 0.0436. The Balaban J connectivity index is 3.32. The number of rotatable bonds is 22. The highest BCUT2D eigenvalue weighted by atomic mass is 16.5. The molecule has 0 aliphatic heterocycles. The molecule has 30 heavy (non-hydrogen) atoms. The van der Waals surface area contributed by atoms with E-state index in [1.165, 1.54) is 44.9 Å². The van der Waals surface area contributed by atoms with Crippen molar-refractivity contribution in [1.82, 2.24) is 0 Å². The van der Waals surface area contributed by atoms with Crippen molar-refractivity contribution in [2.75, 3.05) is 6.61 Å². The molecule has 0 aliphatic carbocycles. The number of esters is 2. The van der Waals surface area contributed by atoms with Crippen molar-refractivity contribution in [2.45, 2.75) is 149 Å². The molecule has 0 fully saturated rings. The van der Waals surface area contributed by atoms with Gasteiger partial charge in [0.25, 0.3) is 0 Å². The first-order chi connectivity index (χ1) is 14.6. The van der Waals surface area contributed by atoms with Crippen molar-refractivity contribution >= 4 is 11.9 Å². The Labute approximate surface area is 186 Å². The maximum absolute atomic E-state index is 11.8. The van der Waals surface area contributed by atoms with E-state index in [0.717, 1.165) is 64.2 Å². The zero-order valence-corrected chi connectivity index (χ0v) is 20.4. The van der Waals surface area contributed by atoms with Crippen molar-refractivity contribution in [3.63, 3.8) is 0 Å². The third kappa shape index (κ3) is 21.6. The van der Waals surface area contributed by atoms with Crippen molar-refractivity contribution in [2.24, 2.45) is 0 Å². The van der Waals surface area contributed by atoms with Crippen LogP contribution in [-0.2, 0) is 19.1 Å². The van der Waals surface area contributed by atoms with Gasteiger partial charge in [-0.2, -0.15) is 0 Å². The Morgan fingerprint density at radius 2 is 1.07 bits per heavy atom. The highest BCUT2D eigenvalue weighted by molar-refractivity contribution is 5.69. The molecule has 0 radical (unpaired) electrons. The van der Waals surface area contributed by atoms with Crippen LogP contribution in [0.2, 0.25) is 0 Å². The van der Waals surface area contributed by atoms with Gasteiger partial charge >= 0.3 is 11.9 Å². The van der Waals surface area contributed by atoms with Crippen molar-refractivity contribution in [3.05, 3.63) is 0 Å². The molecule has 0 rings (SSSR count). The van der Waals surface area contributed by atoms with E-state index in [-0.39, 0.29) is 18.0 Å². The van der Waals surface area contributed by atoms with Crippen LogP contribution in [0.4, 0.5) is 0 Å². The topological polar surface area (TPSA) is 52.6 Å². The highest BCUT2D eigenvalue weighted by Gasteiger charge is 2.08. The van der Waals surface area contributed by atoms with Crippen molar-refractivity contribution < 1.29 is 19.1 Å². The Kier molecular flexibility index (Phi) is 21.8. The van der Waals surface area contributed by atoms with Gasteiger partial charge in [-0.3, -0.25) is 9.59 Å². The van der Waals surface area contributed by atoms with Crippen LogP contribution < -0.4 is 0 Å². The average Bonchev–Trinajstić information content (AvgIpc) is 2.72. The smallest absolute Gasteiger partial charge is 0.306 e. The molecular formula is C26H50O4. The van der Waals surface area contributed by atoms with Gasteiger partial charge in [0.2, 0.25) is 0 Å². The lowest BCUT2D eigenvalue weighted by molar-refractivity contribution is -0.148. The summed E-state index contributed by atoms with van der Waals surface area (Å²) in [7, 11) is 0. The Morgan fingerprint density at radius 1 is 0.600 bits per heavy atom. The van der Waals surface area contributed by atoms with Gasteiger partial charge in [0.05, 0.1) is 12.7 Å². The molecule has 0 saturated carbocycles. The monoisotopic (exact) mass is 426 g/mol. The molecule has 0 saturated heterocycles. The molecule has 0 spiro atoms. The fourth-order valence-electron chi connectivity index (χ4n) is 3.57. The average molecular weight is 427 g/mol. The molecule has 0 heterocycles. The fourth-order valence-corrected chi connectivity index (χ4v) is 3.57. The normalized spacial score (nSPS) is 12.0. The van der Waals surface area contributed by atoms with Crippen molar-refractivity contribution in [1.29, 1.82) is 0 Å². The quantitative estimate of drug-likeness (QED) is 0.130. The second-order valence-corrected chi connectivity index (χ2v) is 8.76. The van der Waals surface area contributed by atoms with Crippen LogP contribution in [-0.4, -0.2) is 24.6 Å². The van der Waals surface area contributed by atoms with Gasteiger partial charge in [-0.05, 0) is 32.6 Å². The van der Waals surface area contributed by atoms with E-state index in [9.17, 15) is 9.59 Å². The lowest BCUT2D eigenvalue weighted by atomic mass is 10.1. The number of carbonyl (C=O) groups excluding carboxylic acids is 2. The molecule has 0 N–H and O–H groups in total. The van der Waals surface area contributed by atoms with Gasteiger partial charge < -0.3 is 9.47 Å². The minimum atomic E-state index is -0.0576. The maximum atomic E-state index is 11.8. The van der Waals surface area contributed by atoms with Gasteiger partial charge in [-0.25, -0.2) is 0 Å². The molecule has 1 unspecified atom stereocenters. The molecule has 4 nitrogen and oxygen atoms in total. The number of ether oxygens (including phenoxy) is 2. The lowest BCUT2D eigenvalue weighted by Crippen LogP contribution is -2.14. The first kappa shape index (κ1) is 28.9. The summed E-state index contributed by atoms with van der Waals surface area (Å²) in [4.78, 5) is 23.5. The lowest BCUT2D eigenvalue weighted by Gasteiger charge is -2.12. The highest BCUT2D eigenvalue weighted by Crippen LogP contribution is 2.12. The molecule has 0 bridgehead atoms. The van der Waals surface area contributed by atoms with E-state index in [1.54, 1.807) is 0 Å². The first-order valence-electron chi connectivity index (χ1n) is 12.9. The Morgan fingerprint density at radius 3 is 1.63 bits per heavy atom. The number of hydrogen-bond donors (Lipinski definition) is 0. The summed E-state index contributed by atoms with van der Waals surface area (Å²) in [6, 6.07) is 0.